The summed E-state index contributed by atoms with van der Waals surface area (Å²) in [4.78, 5) is 9.16. The van der Waals surface area contributed by atoms with Crippen molar-refractivity contribution in [2.75, 3.05) is 13.2 Å². The van der Waals surface area contributed by atoms with Gasteiger partial charge < -0.3 is 14.2 Å². The van der Waals surface area contributed by atoms with Gasteiger partial charge in [0.25, 0.3) is 0 Å². The van der Waals surface area contributed by atoms with Gasteiger partial charge in [0.15, 0.2) is 5.65 Å². The predicted octanol–water partition coefficient (Wildman–Crippen LogP) is 5.89. The lowest BCUT2D eigenvalue weighted by Crippen LogP contribution is -2.03. The Morgan fingerprint density at radius 3 is 2.06 bits per heavy atom. The minimum absolute atomic E-state index is 0.474. The van der Waals surface area contributed by atoms with E-state index < -0.39 is 0 Å². The molecule has 164 valence electrons. The van der Waals surface area contributed by atoms with Crippen LogP contribution in [0.1, 0.15) is 29.5 Å². The van der Waals surface area contributed by atoms with Gasteiger partial charge in [0, 0.05) is 24.1 Å². The zero-order chi connectivity index (χ0) is 22.0. The van der Waals surface area contributed by atoms with Crippen molar-refractivity contribution >= 4 is 11.0 Å². The largest absolute Gasteiger partial charge is 0.478 e. The highest BCUT2D eigenvalue weighted by Crippen LogP contribution is 2.23. The van der Waals surface area contributed by atoms with Crippen LogP contribution in [-0.4, -0.2) is 23.2 Å². The van der Waals surface area contributed by atoms with Gasteiger partial charge in [0.1, 0.15) is 6.61 Å². The molecule has 0 spiro atoms. The summed E-state index contributed by atoms with van der Waals surface area (Å²) < 4.78 is 17.4. The standard InChI is InChI=1S/C27H28N2O3/c1-21-18-26(32-20-23-12-6-3-7-13-23)29-27-24(21)14-15-25(28-27)31-17-9-8-16-30-19-22-10-4-2-5-11-22/h2-7,10-15,18H,8-9,16-17,19-20H2,1H3. The van der Waals surface area contributed by atoms with Crippen LogP contribution in [0.5, 0.6) is 11.8 Å². The fraction of sp³-hybridized carbons (Fsp3) is 0.259. The number of nitrogens with zero attached hydrogens (tertiary/aromatic N) is 2. The predicted molar refractivity (Wildman–Crippen MR) is 126 cm³/mol. The maximum Gasteiger partial charge on any atom is 0.215 e. The Kier molecular flexibility index (Phi) is 7.66. The Bertz CT molecular complexity index is 1120. The number of aromatic nitrogens is 2. The molecular formula is C27H28N2O3. The Labute approximate surface area is 189 Å². The first-order chi connectivity index (χ1) is 15.8. The number of benzene rings is 2. The summed E-state index contributed by atoms with van der Waals surface area (Å²) >= 11 is 0. The molecule has 4 rings (SSSR count). The highest BCUT2D eigenvalue weighted by molar-refractivity contribution is 5.79. The van der Waals surface area contributed by atoms with Crippen molar-refractivity contribution in [3.05, 3.63) is 95.6 Å². The molecule has 0 amide bonds. The van der Waals surface area contributed by atoms with E-state index in [0.29, 0.717) is 43.8 Å². The van der Waals surface area contributed by atoms with E-state index in [1.807, 2.05) is 73.7 Å². The molecule has 0 N–H and O–H groups in total. The summed E-state index contributed by atoms with van der Waals surface area (Å²) in [5, 5.41) is 0.999. The van der Waals surface area contributed by atoms with Crippen molar-refractivity contribution in [2.24, 2.45) is 0 Å². The molecule has 0 saturated heterocycles. The molecule has 0 aliphatic rings. The maximum absolute atomic E-state index is 5.88. The molecule has 2 aromatic heterocycles. The highest BCUT2D eigenvalue weighted by Gasteiger charge is 2.07. The summed E-state index contributed by atoms with van der Waals surface area (Å²) in [7, 11) is 0. The molecule has 0 aliphatic heterocycles. The van der Waals surface area contributed by atoms with Crippen LogP contribution in [0.25, 0.3) is 11.0 Å². The SMILES string of the molecule is Cc1cc(OCc2ccccc2)nc2nc(OCCCCOCc3ccccc3)ccc12. The molecular weight excluding hydrogens is 400 g/mol. The summed E-state index contributed by atoms with van der Waals surface area (Å²) in [6.45, 7) is 4.47. The summed E-state index contributed by atoms with van der Waals surface area (Å²) in [6.07, 6.45) is 1.84. The second kappa shape index (κ2) is 11.3. The van der Waals surface area contributed by atoms with E-state index >= 15 is 0 Å². The van der Waals surface area contributed by atoms with Crippen molar-refractivity contribution in [1.29, 1.82) is 0 Å². The molecule has 0 aliphatic carbocycles. The van der Waals surface area contributed by atoms with Crippen LogP contribution in [0.4, 0.5) is 0 Å². The van der Waals surface area contributed by atoms with Crippen molar-refractivity contribution in [2.45, 2.75) is 33.0 Å². The maximum atomic E-state index is 5.88. The normalized spacial score (nSPS) is 10.9. The molecule has 0 fully saturated rings. The molecule has 0 saturated carbocycles. The van der Waals surface area contributed by atoms with Gasteiger partial charge in [0.05, 0.1) is 13.2 Å². The number of fused-ring (bicyclic) bond motifs is 1. The fourth-order valence-corrected chi connectivity index (χ4v) is 3.36. The Balaban J connectivity index is 1.25. The molecule has 4 aromatic rings. The summed E-state index contributed by atoms with van der Waals surface area (Å²) in [5.41, 5.74) is 4.01. The molecule has 0 atom stereocenters. The van der Waals surface area contributed by atoms with E-state index in [9.17, 15) is 0 Å². The average molecular weight is 429 g/mol. The van der Waals surface area contributed by atoms with Gasteiger partial charge in [-0.2, -0.15) is 9.97 Å². The molecule has 0 unspecified atom stereocenters. The second-order valence-corrected chi connectivity index (χ2v) is 7.67. The monoisotopic (exact) mass is 428 g/mol. The molecule has 32 heavy (non-hydrogen) atoms. The number of pyridine rings is 2. The number of hydrogen-bond donors (Lipinski definition) is 0. The van der Waals surface area contributed by atoms with Crippen molar-refractivity contribution in [3.8, 4) is 11.8 Å². The molecule has 2 heterocycles. The zero-order valence-corrected chi connectivity index (χ0v) is 18.4. The van der Waals surface area contributed by atoms with Crippen LogP contribution >= 0.6 is 0 Å². The van der Waals surface area contributed by atoms with E-state index in [1.165, 1.54) is 5.56 Å². The smallest absolute Gasteiger partial charge is 0.215 e. The number of unbranched alkanes of at least 4 members (excludes halogenated alkanes) is 1. The van der Waals surface area contributed by atoms with Gasteiger partial charge in [-0.25, -0.2) is 0 Å². The molecule has 0 radical (unpaired) electrons. The Morgan fingerprint density at radius 1 is 0.656 bits per heavy atom. The molecule has 5 nitrogen and oxygen atoms in total. The van der Waals surface area contributed by atoms with Crippen LogP contribution in [0.3, 0.4) is 0 Å². The van der Waals surface area contributed by atoms with Crippen molar-refractivity contribution < 1.29 is 14.2 Å². The Hall–Kier alpha value is -3.44. The van der Waals surface area contributed by atoms with Crippen molar-refractivity contribution in [3.63, 3.8) is 0 Å². The van der Waals surface area contributed by atoms with Gasteiger partial charge in [-0.15, -0.1) is 0 Å². The lowest BCUT2D eigenvalue weighted by atomic mass is 10.2. The third-order valence-electron chi connectivity index (χ3n) is 5.10. The summed E-state index contributed by atoms with van der Waals surface area (Å²) in [6, 6.07) is 26.1. The number of rotatable bonds is 11. The van der Waals surface area contributed by atoms with E-state index in [1.54, 1.807) is 0 Å². The van der Waals surface area contributed by atoms with Crippen LogP contribution in [0, 0.1) is 6.92 Å². The van der Waals surface area contributed by atoms with Gasteiger partial charge >= 0.3 is 0 Å². The third-order valence-corrected chi connectivity index (χ3v) is 5.10. The minimum atomic E-state index is 0.474. The molecule has 5 heteroatoms. The van der Waals surface area contributed by atoms with Gasteiger partial charge in [-0.05, 0) is 42.5 Å². The number of aryl methyl sites for hydroxylation is 1. The highest BCUT2D eigenvalue weighted by atomic mass is 16.5. The van der Waals surface area contributed by atoms with E-state index in [2.05, 4.69) is 22.1 Å². The van der Waals surface area contributed by atoms with Gasteiger partial charge in [0.2, 0.25) is 11.8 Å². The first-order valence-electron chi connectivity index (χ1n) is 11.0. The van der Waals surface area contributed by atoms with Gasteiger partial charge in [-0.3, -0.25) is 0 Å². The van der Waals surface area contributed by atoms with Crippen molar-refractivity contribution in [1.82, 2.24) is 9.97 Å². The molecule has 0 bridgehead atoms. The number of ether oxygens (including phenoxy) is 3. The third kappa shape index (κ3) is 6.28. The lowest BCUT2D eigenvalue weighted by Gasteiger charge is -2.10. The molecule has 2 aromatic carbocycles. The lowest BCUT2D eigenvalue weighted by molar-refractivity contribution is 0.113. The van der Waals surface area contributed by atoms with Gasteiger partial charge in [-0.1, -0.05) is 60.7 Å². The fourth-order valence-electron chi connectivity index (χ4n) is 3.36. The topological polar surface area (TPSA) is 53.5 Å². The van der Waals surface area contributed by atoms with Crippen LogP contribution in [0.2, 0.25) is 0 Å². The van der Waals surface area contributed by atoms with Crippen LogP contribution in [0.15, 0.2) is 78.9 Å². The first kappa shape index (κ1) is 21.8. The van der Waals surface area contributed by atoms with Crippen LogP contribution in [-0.2, 0) is 18.0 Å². The summed E-state index contributed by atoms with van der Waals surface area (Å²) in [5.74, 6) is 1.15. The number of hydrogen-bond acceptors (Lipinski definition) is 5. The zero-order valence-electron chi connectivity index (χ0n) is 18.4. The quantitative estimate of drug-likeness (QED) is 0.279. The minimum Gasteiger partial charge on any atom is -0.478 e. The van der Waals surface area contributed by atoms with E-state index in [0.717, 1.165) is 29.4 Å². The van der Waals surface area contributed by atoms with E-state index in [-0.39, 0.29) is 0 Å². The second-order valence-electron chi connectivity index (χ2n) is 7.67. The van der Waals surface area contributed by atoms with E-state index in [4.69, 9.17) is 14.2 Å². The average Bonchev–Trinajstić information content (AvgIpc) is 2.83. The first-order valence-corrected chi connectivity index (χ1v) is 11.0. The Morgan fingerprint density at radius 2 is 1.31 bits per heavy atom. The van der Waals surface area contributed by atoms with Crippen LogP contribution < -0.4 is 9.47 Å².